The van der Waals surface area contributed by atoms with E-state index in [1.165, 1.54) is 16.9 Å². The highest BCUT2D eigenvalue weighted by molar-refractivity contribution is 7.99. The van der Waals surface area contributed by atoms with Crippen LogP contribution in [-0.2, 0) is 0 Å². The Kier molecular flexibility index (Phi) is 4.03. The minimum Gasteiger partial charge on any atom is -0.298 e. The van der Waals surface area contributed by atoms with E-state index in [2.05, 4.69) is 6.92 Å². The highest BCUT2D eigenvalue weighted by Crippen LogP contribution is 2.23. The van der Waals surface area contributed by atoms with Crippen LogP contribution in [0, 0.1) is 6.92 Å². The first-order chi connectivity index (χ1) is 6.27. The van der Waals surface area contributed by atoms with Crippen molar-refractivity contribution in [1.82, 2.24) is 0 Å². The molecule has 70 valence electrons. The molecule has 0 unspecified atom stereocenters. The molecule has 0 aliphatic heterocycles. The van der Waals surface area contributed by atoms with Crippen molar-refractivity contribution in [3.63, 3.8) is 0 Å². The zero-order valence-electron chi connectivity index (χ0n) is 8.04. The summed E-state index contributed by atoms with van der Waals surface area (Å²) in [5.74, 6) is 1.14. The van der Waals surface area contributed by atoms with Gasteiger partial charge < -0.3 is 0 Å². The van der Waals surface area contributed by atoms with Gasteiger partial charge in [0.15, 0.2) is 0 Å². The quantitative estimate of drug-likeness (QED) is 0.540. The lowest BCUT2D eigenvalue weighted by Gasteiger charge is -2.04. The number of carbonyl (C=O) groups excluding carboxylic acids is 1. The largest absolute Gasteiger partial charge is 0.298 e. The molecule has 1 rings (SSSR count). The number of aldehydes is 1. The summed E-state index contributed by atoms with van der Waals surface area (Å²) in [5.41, 5.74) is 1.96. The van der Waals surface area contributed by atoms with Crippen LogP contribution in [0.5, 0.6) is 0 Å². The first-order valence-corrected chi connectivity index (χ1v) is 5.45. The minimum absolute atomic E-state index is 0.762. The molecular formula is C11H14OS. The van der Waals surface area contributed by atoms with Crippen molar-refractivity contribution < 1.29 is 4.79 Å². The fourth-order valence-corrected chi connectivity index (χ4v) is 1.99. The predicted octanol–water partition coefficient (Wildman–Crippen LogP) is 3.31. The van der Waals surface area contributed by atoms with Crippen molar-refractivity contribution in [1.29, 1.82) is 0 Å². The molecule has 0 fully saturated rings. The van der Waals surface area contributed by atoms with E-state index in [1.807, 2.05) is 36.9 Å². The molecule has 0 spiro atoms. The molecule has 2 heteroatoms. The van der Waals surface area contributed by atoms with Gasteiger partial charge in [0.2, 0.25) is 0 Å². The van der Waals surface area contributed by atoms with Gasteiger partial charge in [-0.2, -0.15) is 0 Å². The molecule has 0 aliphatic carbocycles. The molecule has 0 amide bonds. The SMILES string of the molecule is CCCSc1ccc(C=O)cc1C. The number of aryl methyl sites for hydroxylation is 1. The molecule has 0 radical (unpaired) electrons. The Bertz CT molecular complexity index is 294. The smallest absolute Gasteiger partial charge is 0.150 e. The average molecular weight is 194 g/mol. The van der Waals surface area contributed by atoms with Crippen molar-refractivity contribution >= 4 is 18.0 Å². The van der Waals surface area contributed by atoms with Gasteiger partial charge in [-0.15, -0.1) is 11.8 Å². The third-order valence-electron chi connectivity index (χ3n) is 1.80. The van der Waals surface area contributed by atoms with Crippen molar-refractivity contribution in [2.75, 3.05) is 5.75 Å². The van der Waals surface area contributed by atoms with Crippen molar-refractivity contribution in [3.05, 3.63) is 29.3 Å². The summed E-state index contributed by atoms with van der Waals surface area (Å²) in [6.07, 6.45) is 2.07. The van der Waals surface area contributed by atoms with Gasteiger partial charge in [0, 0.05) is 10.5 Å². The molecule has 0 aliphatic rings. The maximum atomic E-state index is 10.5. The molecular weight excluding hydrogens is 180 g/mol. The Balaban J connectivity index is 2.79. The zero-order valence-corrected chi connectivity index (χ0v) is 8.86. The molecule has 0 heterocycles. The second-order valence-corrected chi connectivity index (χ2v) is 4.13. The summed E-state index contributed by atoms with van der Waals surface area (Å²) in [6, 6.07) is 5.84. The summed E-state index contributed by atoms with van der Waals surface area (Å²) in [4.78, 5) is 11.8. The lowest BCUT2D eigenvalue weighted by Crippen LogP contribution is -1.85. The van der Waals surface area contributed by atoms with Gasteiger partial charge in [0.05, 0.1) is 0 Å². The third-order valence-corrected chi connectivity index (χ3v) is 3.18. The average Bonchev–Trinajstić information content (AvgIpc) is 2.16. The van der Waals surface area contributed by atoms with Crippen LogP contribution in [0.25, 0.3) is 0 Å². The van der Waals surface area contributed by atoms with E-state index in [-0.39, 0.29) is 0 Å². The van der Waals surface area contributed by atoms with Crippen LogP contribution in [0.1, 0.15) is 29.3 Å². The Labute approximate surface area is 83.5 Å². The number of rotatable bonds is 4. The summed E-state index contributed by atoms with van der Waals surface area (Å²) < 4.78 is 0. The molecule has 0 N–H and O–H groups in total. The fourth-order valence-electron chi connectivity index (χ4n) is 1.12. The van der Waals surface area contributed by atoms with E-state index in [0.29, 0.717) is 0 Å². The van der Waals surface area contributed by atoms with Crippen LogP contribution in [-0.4, -0.2) is 12.0 Å². The number of thioether (sulfide) groups is 1. The highest BCUT2D eigenvalue weighted by atomic mass is 32.2. The van der Waals surface area contributed by atoms with E-state index in [0.717, 1.165) is 17.6 Å². The van der Waals surface area contributed by atoms with Crippen LogP contribution >= 0.6 is 11.8 Å². The van der Waals surface area contributed by atoms with Gasteiger partial charge >= 0.3 is 0 Å². The van der Waals surface area contributed by atoms with E-state index < -0.39 is 0 Å². The monoisotopic (exact) mass is 194 g/mol. The normalized spacial score (nSPS) is 10.0. The summed E-state index contributed by atoms with van der Waals surface area (Å²) in [7, 11) is 0. The molecule has 1 aromatic carbocycles. The Morgan fingerprint density at radius 3 is 2.77 bits per heavy atom. The van der Waals surface area contributed by atoms with Gasteiger partial charge in [0.1, 0.15) is 6.29 Å². The number of benzene rings is 1. The third kappa shape index (κ3) is 2.88. The minimum atomic E-state index is 0.762. The molecule has 0 atom stereocenters. The lowest BCUT2D eigenvalue weighted by molar-refractivity contribution is 0.112. The molecule has 1 nitrogen and oxygen atoms in total. The molecule has 0 saturated carbocycles. The van der Waals surface area contributed by atoms with Gasteiger partial charge in [-0.1, -0.05) is 13.0 Å². The fraction of sp³-hybridized carbons (Fsp3) is 0.364. The standard InChI is InChI=1S/C11H14OS/c1-3-6-13-11-5-4-10(8-12)7-9(11)2/h4-5,7-8H,3,6H2,1-2H3. The second-order valence-electron chi connectivity index (χ2n) is 2.99. The first-order valence-electron chi connectivity index (χ1n) is 4.46. The molecule has 13 heavy (non-hydrogen) atoms. The van der Waals surface area contributed by atoms with Gasteiger partial charge in [0.25, 0.3) is 0 Å². The Morgan fingerprint density at radius 2 is 2.23 bits per heavy atom. The van der Waals surface area contributed by atoms with E-state index in [4.69, 9.17) is 0 Å². The van der Waals surface area contributed by atoms with Crippen molar-refractivity contribution in [2.24, 2.45) is 0 Å². The molecule has 0 saturated heterocycles. The van der Waals surface area contributed by atoms with Crippen LogP contribution in [0.4, 0.5) is 0 Å². The van der Waals surface area contributed by atoms with Gasteiger partial charge in [-0.3, -0.25) is 4.79 Å². The van der Waals surface area contributed by atoms with Gasteiger partial charge in [-0.25, -0.2) is 0 Å². The number of hydrogen-bond donors (Lipinski definition) is 0. The van der Waals surface area contributed by atoms with Crippen LogP contribution in [0.15, 0.2) is 23.1 Å². The molecule has 0 aromatic heterocycles. The van der Waals surface area contributed by atoms with E-state index in [1.54, 1.807) is 0 Å². The van der Waals surface area contributed by atoms with Crippen LogP contribution < -0.4 is 0 Å². The second kappa shape index (κ2) is 5.07. The predicted molar refractivity (Wildman–Crippen MR) is 57.6 cm³/mol. The zero-order chi connectivity index (χ0) is 9.68. The highest BCUT2D eigenvalue weighted by Gasteiger charge is 1.99. The van der Waals surface area contributed by atoms with Crippen molar-refractivity contribution in [3.8, 4) is 0 Å². The van der Waals surface area contributed by atoms with Crippen LogP contribution in [0.2, 0.25) is 0 Å². The maximum absolute atomic E-state index is 10.5. The topological polar surface area (TPSA) is 17.1 Å². The van der Waals surface area contributed by atoms with Crippen molar-refractivity contribution in [2.45, 2.75) is 25.2 Å². The Morgan fingerprint density at radius 1 is 1.46 bits per heavy atom. The summed E-state index contributed by atoms with van der Waals surface area (Å²) >= 11 is 1.85. The van der Waals surface area contributed by atoms with Crippen LogP contribution in [0.3, 0.4) is 0 Å². The first kappa shape index (κ1) is 10.3. The number of carbonyl (C=O) groups is 1. The van der Waals surface area contributed by atoms with E-state index in [9.17, 15) is 4.79 Å². The molecule has 1 aromatic rings. The van der Waals surface area contributed by atoms with Gasteiger partial charge in [-0.05, 0) is 36.8 Å². The summed E-state index contributed by atoms with van der Waals surface area (Å²) in [5, 5.41) is 0. The number of hydrogen-bond acceptors (Lipinski definition) is 2. The molecule has 0 bridgehead atoms. The summed E-state index contributed by atoms with van der Waals surface area (Å²) in [6.45, 7) is 4.22. The van der Waals surface area contributed by atoms with E-state index >= 15 is 0 Å². The Hall–Kier alpha value is -0.760. The lowest BCUT2D eigenvalue weighted by atomic mass is 10.2. The maximum Gasteiger partial charge on any atom is 0.150 e.